The zero-order chi connectivity index (χ0) is 15.5. The molecule has 5 nitrogen and oxygen atoms in total. The second-order valence-corrected chi connectivity index (χ2v) is 6.82. The van der Waals surface area contributed by atoms with Gasteiger partial charge < -0.3 is 18.9 Å². The molecule has 22 heavy (non-hydrogen) atoms. The SMILES string of the molecule is COC1=CC(=O)C(OC)C(C2(C)OC2CC=C2CC2)C12CO2. The Labute approximate surface area is 130 Å². The van der Waals surface area contributed by atoms with Gasteiger partial charge in [0, 0.05) is 13.2 Å². The minimum Gasteiger partial charge on any atom is -0.498 e. The summed E-state index contributed by atoms with van der Waals surface area (Å²) in [7, 11) is 3.15. The molecule has 2 heterocycles. The lowest BCUT2D eigenvalue weighted by Gasteiger charge is -2.36. The van der Waals surface area contributed by atoms with E-state index in [1.54, 1.807) is 14.2 Å². The minimum absolute atomic E-state index is 0.0681. The molecule has 2 aliphatic heterocycles. The van der Waals surface area contributed by atoms with Crippen molar-refractivity contribution in [1.29, 1.82) is 0 Å². The quantitative estimate of drug-likeness (QED) is 0.572. The van der Waals surface area contributed by atoms with Crippen molar-refractivity contribution in [3.8, 4) is 0 Å². The third-order valence-electron chi connectivity index (χ3n) is 5.46. The first-order chi connectivity index (χ1) is 10.5. The summed E-state index contributed by atoms with van der Waals surface area (Å²) >= 11 is 0. The molecule has 0 N–H and O–H groups in total. The number of methoxy groups -OCH3 is 2. The van der Waals surface area contributed by atoms with Gasteiger partial charge in [-0.3, -0.25) is 4.79 Å². The zero-order valence-electron chi connectivity index (χ0n) is 13.3. The van der Waals surface area contributed by atoms with Crippen molar-refractivity contribution in [3.63, 3.8) is 0 Å². The van der Waals surface area contributed by atoms with E-state index >= 15 is 0 Å². The van der Waals surface area contributed by atoms with E-state index in [0.717, 1.165) is 6.42 Å². The van der Waals surface area contributed by atoms with E-state index in [1.165, 1.54) is 24.5 Å². The molecule has 0 aromatic carbocycles. The first-order valence-corrected chi connectivity index (χ1v) is 7.87. The lowest BCUT2D eigenvalue weighted by molar-refractivity contribution is -0.134. The summed E-state index contributed by atoms with van der Waals surface area (Å²) < 4.78 is 22.7. The van der Waals surface area contributed by atoms with Gasteiger partial charge in [0.15, 0.2) is 11.4 Å². The second-order valence-electron chi connectivity index (χ2n) is 6.82. The fourth-order valence-corrected chi connectivity index (χ4v) is 3.92. The summed E-state index contributed by atoms with van der Waals surface area (Å²) in [5.74, 6) is 0.369. The largest absolute Gasteiger partial charge is 0.498 e. The van der Waals surface area contributed by atoms with Crippen molar-refractivity contribution in [2.24, 2.45) is 5.92 Å². The summed E-state index contributed by atoms with van der Waals surface area (Å²) in [6.07, 6.45) is 6.71. The van der Waals surface area contributed by atoms with Crippen molar-refractivity contribution in [1.82, 2.24) is 0 Å². The van der Waals surface area contributed by atoms with Gasteiger partial charge in [-0.2, -0.15) is 0 Å². The van der Waals surface area contributed by atoms with E-state index in [-0.39, 0.29) is 17.8 Å². The molecule has 5 heteroatoms. The summed E-state index contributed by atoms with van der Waals surface area (Å²) in [5.41, 5.74) is 0.548. The number of epoxide rings is 2. The van der Waals surface area contributed by atoms with Crippen LogP contribution in [0.4, 0.5) is 0 Å². The maximum Gasteiger partial charge on any atom is 0.188 e. The van der Waals surface area contributed by atoms with Gasteiger partial charge >= 0.3 is 0 Å². The van der Waals surface area contributed by atoms with E-state index in [2.05, 4.69) is 13.0 Å². The van der Waals surface area contributed by atoms with Crippen LogP contribution in [0.15, 0.2) is 23.5 Å². The maximum absolute atomic E-state index is 12.4. The molecule has 0 aromatic heterocycles. The predicted octanol–water partition coefficient (Wildman–Crippen LogP) is 1.77. The van der Waals surface area contributed by atoms with Crippen LogP contribution in [0.2, 0.25) is 0 Å². The normalized spacial score (nSPS) is 45.6. The average molecular weight is 306 g/mol. The first-order valence-electron chi connectivity index (χ1n) is 7.87. The van der Waals surface area contributed by atoms with Gasteiger partial charge in [0.1, 0.15) is 17.5 Å². The highest BCUT2D eigenvalue weighted by Gasteiger charge is 2.73. The number of allylic oxidation sites excluding steroid dienone is 1. The van der Waals surface area contributed by atoms with Crippen LogP contribution in [0, 0.1) is 5.92 Å². The third-order valence-corrected chi connectivity index (χ3v) is 5.46. The molecule has 4 rings (SSSR count). The summed E-state index contributed by atoms with van der Waals surface area (Å²) in [6, 6.07) is 0. The molecule has 1 spiro atoms. The fourth-order valence-electron chi connectivity index (χ4n) is 3.92. The van der Waals surface area contributed by atoms with Crippen molar-refractivity contribution in [3.05, 3.63) is 23.5 Å². The monoisotopic (exact) mass is 306 g/mol. The third kappa shape index (κ3) is 1.99. The van der Waals surface area contributed by atoms with Crippen molar-refractivity contribution in [2.75, 3.05) is 20.8 Å². The lowest BCUT2D eigenvalue weighted by Crippen LogP contribution is -2.53. The van der Waals surface area contributed by atoms with Gasteiger partial charge in [-0.05, 0) is 26.2 Å². The number of rotatable bonds is 5. The smallest absolute Gasteiger partial charge is 0.188 e. The lowest BCUT2D eigenvalue weighted by atomic mass is 9.71. The molecule has 0 amide bonds. The molecule has 0 aromatic rings. The highest BCUT2D eigenvalue weighted by molar-refractivity contribution is 5.96. The fraction of sp³-hybridized carbons (Fsp3) is 0.706. The number of hydrogen-bond acceptors (Lipinski definition) is 5. The van der Waals surface area contributed by atoms with E-state index in [4.69, 9.17) is 18.9 Å². The van der Waals surface area contributed by atoms with Crippen molar-refractivity contribution >= 4 is 5.78 Å². The Hall–Kier alpha value is -1.17. The van der Waals surface area contributed by atoms with Crippen LogP contribution >= 0.6 is 0 Å². The van der Waals surface area contributed by atoms with Crippen LogP contribution in [0.25, 0.3) is 0 Å². The summed E-state index contributed by atoms with van der Waals surface area (Å²) in [6.45, 7) is 2.62. The Bertz CT molecular complexity index is 568. The molecule has 3 fully saturated rings. The van der Waals surface area contributed by atoms with Crippen LogP contribution in [-0.2, 0) is 23.7 Å². The Morgan fingerprint density at radius 2 is 2.14 bits per heavy atom. The van der Waals surface area contributed by atoms with Crippen LogP contribution in [0.5, 0.6) is 0 Å². The minimum atomic E-state index is -0.556. The molecular formula is C17H22O5. The molecule has 2 aliphatic carbocycles. The topological polar surface area (TPSA) is 60.6 Å². The molecule has 1 saturated carbocycles. The Morgan fingerprint density at radius 1 is 1.41 bits per heavy atom. The maximum atomic E-state index is 12.4. The van der Waals surface area contributed by atoms with Gasteiger partial charge in [0.25, 0.3) is 0 Å². The van der Waals surface area contributed by atoms with Gasteiger partial charge in [0.05, 0.1) is 25.7 Å². The van der Waals surface area contributed by atoms with Gasteiger partial charge in [-0.1, -0.05) is 11.6 Å². The molecule has 120 valence electrons. The molecule has 5 atom stereocenters. The predicted molar refractivity (Wildman–Crippen MR) is 78.3 cm³/mol. The molecule has 5 unspecified atom stereocenters. The highest BCUT2D eigenvalue weighted by Crippen LogP contribution is 2.59. The number of ether oxygens (including phenoxy) is 4. The summed E-state index contributed by atoms with van der Waals surface area (Å²) in [5, 5.41) is 0. The highest BCUT2D eigenvalue weighted by atomic mass is 16.6. The van der Waals surface area contributed by atoms with Crippen LogP contribution in [0.3, 0.4) is 0 Å². The Kier molecular flexibility index (Phi) is 3.06. The number of carbonyl (C=O) groups is 1. The zero-order valence-corrected chi connectivity index (χ0v) is 13.3. The average Bonchev–Trinajstić information content (AvgIpc) is 3.36. The molecule has 0 radical (unpaired) electrons. The molecule has 4 aliphatic rings. The standard InChI is InChI=1S/C17H22O5/c1-16(12(22-16)7-6-10-4-5-10)15-14(20-3)11(18)8-13(19-2)17(15)9-21-17/h6,8,12,14-15H,4-5,7,9H2,1-3H3. The van der Waals surface area contributed by atoms with Crippen LogP contribution < -0.4 is 0 Å². The molecular weight excluding hydrogens is 284 g/mol. The molecule has 0 bridgehead atoms. The van der Waals surface area contributed by atoms with Gasteiger partial charge in [-0.25, -0.2) is 0 Å². The van der Waals surface area contributed by atoms with Gasteiger partial charge in [0.2, 0.25) is 0 Å². The van der Waals surface area contributed by atoms with Crippen LogP contribution in [-0.4, -0.2) is 50.0 Å². The number of ketones is 1. The van der Waals surface area contributed by atoms with E-state index in [1.807, 2.05) is 0 Å². The van der Waals surface area contributed by atoms with E-state index in [0.29, 0.717) is 12.4 Å². The van der Waals surface area contributed by atoms with Crippen molar-refractivity contribution in [2.45, 2.75) is 49.6 Å². The van der Waals surface area contributed by atoms with E-state index in [9.17, 15) is 4.79 Å². The van der Waals surface area contributed by atoms with Crippen molar-refractivity contribution < 1.29 is 23.7 Å². The van der Waals surface area contributed by atoms with E-state index < -0.39 is 17.3 Å². The summed E-state index contributed by atoms with van der Waals surface area (Å²) in [4.78, 5) is 12.4. The Balaban J connectivity index is 1.62. The first kappa shape index (κ1) is 14.4. The number of hydrogen-bond donors (Lipinski definition) is 0. The number of carbonyl (C=O) groups excluding carboxylic acids is 1. The van der Waals surface area contributed by atoms with Gasteiger partial charge in [-0.15, -0.1) is 0 Å². The molecule has 2 saturated heterocycles. The Morgan fingerprint density at radius 3 is 2.68 bits per heavy atom. The van der Waals surface area contributed by atoms with Crippen LogP contribution in [0.1, 0.15) is 26.2 Å². The second kappa shape index (κ2) is 4.66.